The van der Waals surface area contributed by atoms with Crippen LogP contribution in [0.2, 0.25) is 0 Å². The van der Waals surface area contributed by atoms with E-state index in [2.05, 4.69) is 24.5 Å². The highest BCUT2D eigenvalue weighted by Gasteiger charge is 2.19. The van der Waals surface area contributed by atoms with Gasteiger partial charge in [-0.1, -0.05) is 27.7 Å². The highest BCUT2D eigenvalue weighted by molar-refractivity contribution is 5.75. The van der Waals surface area contributed by atoms with Crippen LogP contribution < -0.4 is 10.6 Å². The third-order valence-electron chi connectivity index (χ3n) is 2.62. The maximum absolute atomic E-state index is 11.4. The topological polar surface area (TPSA) is 78.4 Å². The molecule has 0 rings (SSSR count). The van der Waals surface area contributed by atoms with E-state index in [0.717, 1.165) is 6.42 Å². The molecule has 5 heteroatoms. The number of carbonyl (C=O) groups is 2. The average Bonchev–Trinajstić information content (AvgIpc) is 2.22. The molecule has 106 valence electrons. The SMILES string of the molecule is CC(C)CCNC(=O)NC[C@@H](CC(C)C)C(=O)O. The standard InChI is InChI=1S/C13H26N2O3/c1-9(2)5-6-14-13(18)15-8-11(12(16)17)7-10(3)4/h9-11H,5-8H2,1-4H3,(H,16,17)(H2,14,15,18)/t11-/m1/s1. The predicted octanol–water partition coefficient (Wildman–Crippen LogP) is 2.08. The molecule has 3 N–H and O–H groups in total. The Balaban J connectivity index is 3.89. The van der Waals surface area contributed by atoms with Gasteiger partial charge in [-0.2, -0.15) is 0 Å². The van der Waals surface area contributed by atoms with Crippen molar-refractivity contribution >= 4 is 12.0 Å². The fourth-order valence-electron chi connectivity index (χ4n) is 1.59. The smallest absolute Gasteiger partial charge is 0.314 e. The van der Waals surface area contributed by atoms with Crippen LogP contribution in [0.5, 0.6) is 0 Å². The van der Waals surface area contributed by atoms with Crippen molar-refractivity contribution in [2.45, 2.75) is 40.5 Å². The Morgan fingerprint density at radius 1 is 1.06 bits per heavy atom. The van der Waals surface area contributed by atoms with Gasteiger partial charge in [-0.3, -0.25) is 4.79 Å². The number of aliphatic carboxylic acids is 1. The van der Waals surface area contributed by atoms with Gasteiger partial charge in [-0.15, -0.1) is 0 Å². The lowest BCUT2D eigenvalue weighted by Gasteiger charge is -2.16. The van der Waals surface area contributed by atoms with Gasteiger partial charge >= 0.3 is 12.0 Å². The number of carbonyl (C=O) groups excluding carboxylic acids is 1. The normalized spacial score (nSPS) is 12.6. The summed E-state index contributed by atoms with van der Waals surface area (Å²) in [6, 6.07) is -0.286. The monoisotopic (exact) mass is 258 g/mol. The van der Waals surface area contributed by atoms with E-state index in [9.17, 15) is 9.59 Å². The van der Waals surface area contributed by atoms with Crippen LogP contribution >= 0.6 is 0 Å². The maximum Gasteiger partial charge on any atom is 0.314 e. The summed E-state index contributed by atoms with van der Waals surface area (Å²) in [7, 11) is 0. The number of urea groups is 1. The third kappa shape index (κ3) is 8.84. The van der Waals surface area contributed by atoms with Crippen LogP contribution in [0.3, 0.4) is 0 Å². The van der Waals surface area contributed by atoms with E-state index < -0.39 is 11.9 Å². The number of hydrogen-bond donors (Lipinski definition) is 3. The summed E-state index contributed by atoms with van der Waals surface area (Å²) in [6.45, 7) is 8.91. The van der Waals surface area contributed by atoms with Crippen LogP contribution in [-0.4, -0.2) is 30.2 Å². The Hall–Kier alpha value is -1.26. The minimum atomic E-state index is -0.855. The number of carboxylic acid groups (broad SMARTS) is 1. The van der Waals surface area contributed by atoms with Gasteiger partial charge in [0, 0.05) is 13.1 Å². The van der Waals surface area contributed by atoms with E-state index in [1.807, 2.05) is 13.8 Å². The van der Waals surface area contributed by atoms with Crippen LogP contribution in [0.15, 0.2) is 0 Å². The molecule has 0 aromatic heterocycles. The van der Waals surface area contributed by atoms with Crippen LogP contribution in [-0.2, 0) is 4.79 Å². The first-order valence-electron chi connectivity index (χ1n) is 6.57. The molecule has 1 atom stereocenters. The largest absolute Gasteiger partial charge is 0.481 e. The third-order valence-corrected chi connectivity index (χ3v) is 2.62. The van der Waals surface area contributed by atoms with Gasteiger partial charge in [0.05, 0.1) is 5.92 Å². The summed E-state index contributed by atoms with van der Waals surface area (Å²) in [5.41, 5.74) is 0. The van der Waals surface area contributed by atoms with E-state index >= 15 is 0 Å². The molecule has 5 nitrogen and oxygen atoms in total. The summed E-state index contributed by atoms with van der Waals surface area (Å²) < 4.78 is 0. The lowest BCUT2D eigenvalue weighted by Crippen LogP contribution is -2.40. The van der Waals surface area contributed by atoms with E-state index in [-0.39, 0.29) is 12.6 Å². The van der Waals surface area contributed by atoms with E-state index in [1.165, 1.54) is 0 Å². The molecule has 0 radical (unpaired) electrons. The fraction of sp³-hybridized carbons (Fsp3) is 0.846. The van der Waals surface area contributed by atoms with Crippen molar-refractivity contribution in [2.24, 2.45) is 17.8 Å². The molecule has 0 aromatic carbocycles. The Labute approximate surface area is 109 Å². The number of nitrogens with one attached hydrogen (secondary N) is 2. The van der Waals surface area contributed by atoms with E-state index in [0.29, 0.717) is 24.8 Å². The van der Waals surface area contributed by atoms with Gasteiger partial charge in [0.25, 0.3) is 0 Å². The summed E-state index contributed by atoms with van der Waals surface area (Å²) in [4.78, 5) is 22.4. The molecule has 0 aliphatic carbocycles. The lowest BCUT2D eigenvalue weighted by atomic mass is 9.97. The molecule has 0 heterocycles. The van der Waals surface area contributed by atoms with Crippen LogP contribution in [0.25, 0.3) is 0 Å². The molecule has 0 saturated carbocycles. The second kappa shape index (κ2) is 8.78. The first-order valence-corrected chi connectivity index (χ1v) is 6.57. The molecule has 0 spiro atoms. The van der Waals surface area contributed by atoms with E-state index in [4.69, 9.17) is 5.11 Å². The van der Waals surface area contributed by atoms with Crippen molar-refractivity contribution in [1.29, 1.82) is 0 Å². The number of carboxylic acids is 1. The molecule has 0 aliphatic rings. The number of hydrogen-bond acceptors (Lipinski definition) is 2. The zero-order chi connectivity index (χ0) is 14.1. The molecule has 18 heavy (non-hydrogen) atoms. The highest BCUT2D eigenvalue weighted by Crippen LogP contribution is 2.10. The Morgan fingerprint density at radius 2 is 1.67 bits per heavy atom. The molecule has 0 aromatic rings. The van der Waals surface area contributed by atoms with Crippen molar-refractivity contribution in [3.63, 3.8) is 0 Å². The number of rotatable bonds is 8. The first kappa shape index (κ1) is 16.7. The molecular weight excluding hydrogens is 232 g/mol. The van der Waals surface area contributed by atoms with Crippen LogP contribution in [0.4, 0.5) is 4.79 Å². The summed E-state index contributed by atoms with van der Waals surface area (Å²) in [5, 5.41) is 14.3. The molecule has 0 aliphatic heterocycles. The minimum Gasteiger partial charge on any atom is -0.481 e. The van der Waals surface area contributed by atoms with Crippen molar-refractivity contribution in [3.8, 4) is 0 Å². The van der Waals surface area contributed by atoms with Crippen molar-refractivity contribution < 1.29 is 14.7 Å². The van der Waals surface area contributed by atoms with Gasteiger partial charge in [-0.05, 0) is 24.7 Å². The molecule has 2 amide bonds. The van der Waals surface area contributed by atoms with Gasteiger partial charge in [-0.25, -0.2) is 4.79 Å². The summed E-state index contributed by atoms with van der Waals surface area (Å²) in [5.74, 6) is -0.526. The summed E-state index contributed by atoms with van der Waals surface area (Å²) in [6.07, 6.45) is 1.49. The predicted molar refractivity (Wildman–Crippen MR) is 71.4 cm³/mol. The molecule has 0 saturated heterocycles. The van der Waals surface area contributed by atoms with Gasteiger partial charge in [0.15, 0.2) is 0 Å². The maximum atomic E-state index is 11.4. The lowest BCUT2D eigenvalue weighted by molar-refractivity contribution is -0.142. The highest BCUT2D eigenvalue weighted by atomic mass is 16.4. The summed E-state index contributed by atoms with van der Waals surface area (Å²) >= 11 is 0. The second-order valence-electron chi connectivity index (χ2n) is 5.48. The minimum absolute atomic E-state index is 0.182. The zero-order valence-corrected chi connectivity index (χ0v) is 11.8. The zero-order valence-electron chi connectivity index (χ0n) is 11.8. The fourth-order valence-corrected chi connectivity index (χ4v) is 1.59. The molecule has 0 unspecified atom stereocenters. The van der Waals surface area contributed by atoms with Crippen LogP contribution in [0.1, 0.15) is 40.5 Å². The Kier molecular flexibility index (Phi) is 8.16. The average molecular weight is 258 g/mol. The number of amides is 2. The Morgan fingerprint density at radius 3 is 2.11 bits per heavy atom. The molecule has 0 fully saturated rings. The van der Waals surface area contributed by atoms with Gasteiger partial charge in [0.2, 0.25) is 0 Å². The van der Waals surface area contributed by atoms with Gasteiger partial charge in [0.1, 0.15) is 0 Å². The van der Waals surface area contributed by atoms with E-state index in [1.54, 1.807) is 0 Å². The second-order valence-corrected chi connectivity index (χ2v) is 5.48. The van der Waals surface area contributed by atoms with Crippen LogP contribution in [0, 0.1) is 17.8 Å². The molecular formula is C13H26N2O3. The van der Waals surface area contributed by atoms with Crippen molar-refractivity contribution in [2.75, 3.05) is 13.1 Å². The quantitative estimate of drug-likeness (QED) is 0.623. The first-order chi connectivity index (χ1) is 8.32. The Bertz CT molecular complexity index is 265. The van der Waals surface area contributed by atoms with Gasteiger partial charge < -0.3 is 15.7 Å². The molecule has 0 bridgehead atoms. The van der Waals surface area contributed by atoms with Crippen molar-refractivity contribution in [3.05, 3.63) is 0 Å². The van der Waals surface area contributed by atoms with Crippen molar-refractivity contribution in [1.82, 2.24) is 10.6 Å².